The summed E-state index contributed by atoms with van der Waals surface area (Å²) < 4.78 is 6.68. The number of ether oxygens (including phenoxy) is 1. The molecule has 0 N–H and O–H groups in total. The number of benzene rings is 1. The van der Waals surface area contributed by atoms with E-state index >= 15 is 0 Å². The first-order valence-corrected chi connectivity index (χ1v) is 6.65. The van der Waals surface area contributed by atoms with Gasteiger partial charge in [0, 0.05) is 15.7 Å². The van der Waals surface area contributed by atoms with Gasteiger partial charge in [-0.15, -0.1) is 0 Å². The summed E-state index contributed by atoms with van der Waals surface area (Å²) in [5.74, 6) is 0.399. The molecule has 0 atom stereocenters. The zero-order valence-corrected chi connectivity index (χ0v) is 12.4. The molecule has 1 aromatic carbocycles. The molecule has 0 saturated carbocycles. The van der Waals surface area contributed by atoms with Gasteiger partial charge in [0.05, 0.1) is 0 Å². The third-order valence-corrected chi connectivity index (χ3v) is 3.52. The Morgan fingerprint density at radius 1 is 1.32 bits per heavy atom. The van der Waals surface area contributed by atoms with Crippen molar-refractivity contribution in [2.24, 2.45) is 0 Å². The van der Waals surface area contributed by atoms with E-state index in [1.807, 2.05) is 44.2 Å². The quantitative estimate of drug-likeness (QED) is 0.862. The van der Waals surface area contributed by atoms with Gasteiger partial charge in [-0.2, -0.15) is 5.26 Å². The Labute approximate surface area is 121 Å². The second-order valence-corrected chi connectivity index (χ2v) is 5.11. The van der Waals surface area contributed by atoms with Crippen LogP contribution in [0.25, 0.3) is 0 Å². The second-order valence-electron chi connectivity index (χ2n) is 4.25. The molecule has 0 fully saturated rings. The molecule has 4 heteroatoms. The molecule has 0 amide bonds. The normalized spacial score (nSPS) is 10.0. The summed E-state index contributed by atoms with van der Waals surface area (Å²) in [6, 6.07) is 11.8. The number of halogens is 1. The smallest absolute Gasteiger partial charge is 0.232 e. The number of hydrogen-bond acceptors (Lipinski definition) is 3. The number of aromatic nitrogens is 1. The lowest BCUT2D eigenvalue weighted by Crippen LogP contribution is -2.02. The molecule has 0 radical (unpaired) electrons. The maximum Gasteiger partial charge on any atom is 0.232 e. The van der Waals surface area contributed by atoms with Crippen LogP contribution in [-0.2, 0) is 6.61 Å². The van der Waals surface area contributed by atoms with Crippen molar-refractivity contribution in [2.75, 3.05) is 0 Å². The largest absolute Gasteiger partial charge is 0.472 e. The summed E-state index contributed by atoms with van der Waals surface area (Å²) in [7, 11) is 0. The van der Waals surface area contributed by atoms with Gasteiger partial charge in [-0.05, 0) is 31.5 Å². The van der Waals surface area contributed by atoms with E-state index < -0.39 is 0 Å². The maximum absolute atomic E-state index is 9.16. The molecular formula is C15H13BrN2O. The molecular weight excluding hydrogens is 304 g/mol. The van der Waals surface area contributed by atoms with Crippen LogP contribution in [0.3, 0.4) is 0 Å². The molecule has 2 aromatic rings. The van der Waals surface area contributed by atoms with Gasteiger partial charge >= 0.3 is 0 Å². The van der Waals surface area contributed by atoms with E-state index in [2.05, 4.69) is 27.0 Å². The molecule has 1 aromatic heterocycles. The Kier molecular flexibility index (Phi) is 4.18. The summed E-state index contributed by atoms with van der Waals surface area (Å²) in [6.45, 7) is 4.16. The van der Waals surface area contributed by atoms with Crippen LogP contribution < -0.4 is 4.74 Å². The summed E-state index contributed by atoms with van der Waals surface area (Å²) in [4.78, 5) is 4.29. The van der Waals surface area contributed by atoms with Gasteiger partial charge < -0.3 is 4.74 Å². The van der Waals surface area contributed by atoms with Crippen molar-refractivity contribution in [3.63, 3.8) is 0 Å². The van der Waals surface area contributed by atoms with Gasteiger partial charge in [-0.1, -0.05) is 34.1 Å². The Bertz CT molecular complexity index is 647. The number of pyridine rings is 1. The highest BCUT2D eigenvalue weighted by Gasteiger charge is 2.10. The van der Waals surface area contributed by atoms with Crippen LogP contribution >= 0.6 is 15.9 Å². The Hall–Kier alpha value is -1.86. The van der Waals surface area contributed by atoms with Crippen molar-refractivity contribution in [3.05, 3.63) is 57.2 Å². The van der Waals surface area contributed by atoms with E-state index in [-0.39, 0.29) is 0 Å². The van der Waals surface area contributed by atoms with Gasteiger partial charge in [0.2, 0.25) is 5.88 Å². The van der Waals surface area contributed by atoms with Crippen LogP contribution in [0.1, 0.15) is 22.4 Å². The van der Waals surface area contributed by atoms with E-state index in [9.17, 15) is 0 Å². The minimum atomic E-state index is 0.381. The van der Waals surface area contributed by atoms with Crippen LogP contribution in [-0.4, -0.2) is 4.98 Å². The molecule has 0 spiro atoms. The Morgan fingerprint density at radius 3 is 2.74 bits per heavy atom. The zero-order chi connectivity index (χ0) is 13.8. The number of aryl methyl sites for hydroxylation is 2. The lowest BCUT2D eigenvalue weighted by molar-refractivity contribution is 0.291. The molecule has 0 aliphatic heterocycles. The van der Waals surface area contributed by atoms with E-state index in [1.165, 1.54) is 0 Å². The molecule has 0 unspecified atom stereocenters. The number of nitriles is 1. The van der Waals surface area contributed by atoms with Crippen LogP contribution in [0, 0.1) is 25.2 Å². The fourth-order valence-corrected chi connectivity index (χ4v) is 2.20. The highest BCUT2D eigenvalue weighted by atomic mass is 79.9. The molecule has 19 heavy (non-hydrogen) atoms. The highest BCUT2D eigenvalue weighted by molar-refractivity contribution is 9.10. The van der Waals surface area contributed by atoms with Crippen LogP contribution in [0.2, 0.25) is 0 Å². The number of nitrogens with zero attached hydrogens (tertiary/aromatic N) is 2. The Balaban J connectivity index is 2.25. The van der Waals surface area contributed by atoms with Crippen molar-refractivity contribution in [1.82, 2.24) is 4.98 Å². The van der Waals surface area contributed by atoms with Crippen LogP contribution in [0.4, 0.5) is 0 Å². The average molecular weight is 317 g/mol. The SMILES string of the molecule is Cc1cc(C)c(C#N)c(OCc2ccccc2Br)n1. The predicted octanol–water partition coefficient (Wildman–Crippen LogP) is 3.91. The fourth-order valence-electron chi connectivity index (χ4n) is 1.80. The summed E-state index contributed by atoms with van der Waals surface area (Å²) in [5.41, 5.74) is 3.25. The fraction of sp³-hybridized carbons (Fsp3) is 0.200. The van der Waals surface area contributed by atoms with Gasteiger partial charge in [-0.25, -0.2) is 4.98 Å². The summed E-state index contributed by atoms with van der Waals surface area (Å²) in [6.07, 6.45) is 0. The molecule has 0 aliphatic rings. The zero-order valence-electron chi connectivity index (χ0n) is 10.8. The van der Waals surface area contributed by atoms with Crippen molar-refractivity contribution in [3.8, 4) is 11.9 Å². The molecule has 0 aliphatic carbocycles. The highest BCUT2D eigenvalue weighted by Crippen LogP contribution is 2.22. The van der Waals surface area contributed by atoms with Crippen molar-refractivity contribution < 1.29 is 4.74 Å². The first-order valence-electron chi connectivity index (χ1n) is 5.86. The maximum atomic E-state index is 9.16. The summed E-state index contributed by atoms with van der Waals surface area (Å²) >= 11 is 3.47. The topological polar surface area (TPSA) is 45.9 Å². The number of hydrogen-bond donors (Lipinski definition) is 0. The van der Waals surface area contributed by atoms with Crippen molar-refractivity contribution in [2.45, 2.75) is 20.5 Å². The average Bonchev–Trinajstić information content (AvgIpc) is 2.37. The van der Waals surface area contributed by atoms with Crippen LogP contribution in [0.15, 0.2) is 34.8 Å². The van der Waals surface area contributed by atoms with Gasteiger partial charge in [0.1, 0.15) is 18.2 Å². The van der Waals surface area contributed by atoms with E-state index in [0.717, 1.165) is 21.3 Å². The van der Waals surface area contributed by atoms with Crippen molar-refractivity contribution >= 4 is 15.9 Å². The molecule has 2 rings (SSSR count). The molecule has 1 heterocycles. The first-order chi connectivity index (χ1) is 9.11. The lowest BCUT2D eigenvalue weighted by atomic mass is 10.1. The van der Waals surface area contributed by atoms with Crippen LogP contribution in [0.5, 0.6) is 5.88 Å². The van der Waals surface area contributed by atoms with Gasteiger partial charge in [0.25, 0.3) is 0 Å². The predicted molar refractivity (Wildman–Crippen MR) is 76.9 cm³/mol. The standard InChI is InChI=1S/C15H13BrN2O/c1-10-7-11(2)18-15(13(10)8-17)19-9-12-5-3-4-6-14(12)16/h3-7H,9H2,1-2H3. The second kappa shape index (κ2) is 5.85. The van der Waals surface area contributed by atoms with Crippen molar-refractivity contribution in [1.29, 1.82) is 5.26 Å². The number of rotatable bonds is 3. The van der Waals surface area contributed by atoms with E-state index in [1.54, 1.807) is 0 Å². The minimum absolute atomic E-state index is 0.381. The molecule has 0 saturated heterocycles. The van der Waals surface area contributed by atoms with Gasteiger partial charge in [0.15, 0.2) is 0 Å². The first kappa shape index (κ1) is 13.6. The van der Waals surface area contributed by atoms with E-state index in [4.69, 9.17) is 10.00 Å². The van der Waals surface area contributed by atoms with Gasteiger partial charge in [-0.3, -0.25) is 0 Å². The summed E-state index contributed by atoms with van der Waals surface area (Å²) in [5, 5.41) is 9.16. The monoisotopic (exact) mass is 316 g/mol. The van der Waals surface area contributed by atoms with E-state index in [0.29, 0.717) is 18.1 Å². The Morgan fingerprint density at radius 2 is 2.05 bits per heavy atom. The molecule has 0 bridgehead atoms. The molecule has 3 nitrogen and oxygen atoms in total. The third kappa shape index (κ3) is 3.12. The minimum Gasteiger partial charge on any atom is -0.472 e. The third-order valence-electron chi connectivity index (χ3n) is 2.75. The lowest BCUT2D eigenvalue weighted by Gasteiger charge is -2.10. The molecule has 96 valence electrons.